The second-order valence-electron chi connectivity index (χ2n) is 17.9. The lowest BCUT2D eigenvalue weighted by atomic mass is 9.83. The molecule has 322 valence electrons. The molecule has 4 aromatic rings. The Balaban J connectivity index is 0.790. The number of halogens is 4. The smallest absolute Gasteiger partial charge is 0.255 e. The molecular weight excluding hydrogens is 789 g/mol. The van der Waals surface area contributed by atoms with Gasteiger partial charge in [0.2, 0.25) is 11.8 Å². The van der Waals surface area contributed by atoms with Crippen LogP contribution in [0.1, 0.15) is 118 Å². The summed E-state index contributed by atoms with van der Waals surface area (Å²) < 4.78 is 59.9. The molecule has 5 aliphatic rings. The summed E-state index contributed by atoms with van der Waals surface area (Å²) in [6, 6.07) is 12.7. The van der Waals surface area contributed by atoms with Gasteiger partial charge in [-0.05, 0) is 129 Å². The number of para-hydroxylation sites is 1. The summed E-state index contributed by atoms with van der Waals surface area (Å²) in [5, 5.41) is 3.25. The van der Waals surface area contributed by atoms with Crippen molar-refractivity contribution in [1.82, 2.24) is 29.9 Å². The van der Waals surface area contributed by atoms with Crippen LogP contribution in [-0.4, -0.2) is 107 Å². The van der Waals surface area contributed by atoms with E-state index in [-0.39, 0.29) is 42.3 Å². The maximum Gasteiger partial charge on any atom is 0.255 e. The Bertz CT molecular complexity index is 2330. The summed E-state index contributed by atoms with van der Waals surface area (Å²) in [4.78, 5) is 60.8. The Morgan fingerprint density at radius 3 is 2.30 bits per heavy atom. The fourth-order valence-electron chi connectivity index (χ4n) is 11.0. The van der Waals surface area contributed by atoms with Crippen molar-refractivity contribution in [3.63, 3.8) is 0 Å². The number of hydrogen-bond acceptors (Lipinski definition) is 7. The van der Waals surface area contributed by atoms with Gasteiger partial charge in [0.15, 0.2) is 6.29 Å². The van der Waals surface area contributed by atoms with Gasteiger partial charge < -0.3 is 14.8 Å². The number of rotatable bonds is 10. The van der Waals surface area contributed by atoms with Gasteiger partial charge in [0, 0.05) is 73.4 Å². The Morgan fingerprint density at radius 2 is 1.61 bits per heavy atom. The van der Waals surface area contributed by atoms with E-state index in [2.05, 4.69) is 20.1 Å². The average Bonchev–Trinajstić information content (AvgIpc) is 3.85. The highest BCUT2D eigenvalue weighted by Gasteiger charge is 2.39. The Hall–Kier alpha value is -4.92. The van der Waals surface area contributed by atoms with E-state index in [4.69, 9.17) is 0 Å². The maximum absolute atomic E-state index is 16.2. The molecule has 3 aromatic carbocycles. The number of alkyl halides is 2. The largest absolute Gasteiger partial charge is 0.357 e. The van der Waals surface area contributed by atoms with Crippen molar-refractivity contribution in [2.24, 2.45) is 5.92 Å². The molecule has 1 aliphatic carbocycles. The molecule has 14 heteroatoms. The first-order valence-corrected chi connectivity index (χ1v) is 21.7. The highest BCUT2D eigenvalue weighted by molar-refractivity contribution is 6.06. The van der Waals surface area contributed by atoms with E-state index in [0.29, 0.717) is 54.6 Å². The molecule has 2 unspecified atom stereocenters. The third-order valence-electron chi connectivity index (χ3n) is 14.3. The predicted molar refractivity (Wildman–Crippen MR) is 221 cm³/mol. The van der Waals surface area contributed by atoms with E-state index in [1.165, 1.54) is 29.0 Å². The fourth-order valence-corrected chi connectivity index (χ4v) is 11.0. The van der Waals surface area contributed by atoms with Gasteiger partial charge >= 0.3 is 0 Å². The molecule has 0 radical (unpaired) electrons. The zero-order valence-corrected chi connectivity index (χ0v) is 34.4. The predicted octanol–water partition coefficient (Wildman–Crippen LogP) is 7.10. The third kappa shape index (κ3) is 8.14. The number of likely N-dealkylation sites (tertiary alicyclic amines) is 1. The minimum Gasteiger partial charge on any atom is -0.357 e. The molecule has 2 atom stereocenters. The van der Waals surface area contributed by atoms with Crippen LogP contribution < -0.4 is 5.32 Å². The molecular formula is C47H52F4N6O4. The molecule has 2 saturated heterocycles. The second-order valence-corrected chi connectivity index (χ2v) is 17.9. The van der Waals surface area contributed by atoms with E-state index in [0.717, 1.165) is 85.8 Å². The molecule has 1 saturated carbocycles. The van der Waals surface area contributed by atoms with Crippen molar-refractivity contribution in [3.05, 3.63) is 105 Å². The van der Waals surface area contributed by atoms with Crippen LogP contribution >= 0.6 is 0 Å². The number of piperidine rings is 2. The van der Waals surface area contributed by atoms with E-state index in [9.17, 15) is 28.0 Å². The third-order valence-corrected chi connectivity index (χ3v) is 14.3. The molecule has 3 amide bonds. The number of carbonyl (C=O) groups excluding carboxylic acids is 4. The van der Waals surface area contributed by atoms with Crippen molar-refractivity contribution in [2.75, 3.05) is 39.8 Å². The first-order valence-electron chi connectivity index (χ1n) is 21.7. The van der Waals surface area contributed by atoms with E-state index in [1.807, 2.05) is 24.3 Å². The zero-order chi connectivity index (χ0) is 42.5. The standard InChI is InChI=1S/C47H52F4N6O4/c1-54(40-10-11-42(59)53-46(40)60)47(61)36-19-31-24-57(23-30(31)18-32(36)26-58)33-8-6-27(7-9-33)22-55-15-12-28(13-16-55)29-20-37(48)43(38(49)21-29)45-44-35(14-17-56(45)25-41(50)51)34-4-2-3-5-39(34)52-44/h2-5,18-21,26-28,33,40-41,45,52H,6-17,22-25H2,1H3,(H,53,59,60). The molecule has 9 rings (SSSR count). The SMILES string of the molecule is CN(C(=O)c1cc2c(cc1C=O)CN(C1CCC(CN3CCC(c4cc(F)c(C5c6[nH]c7ccccc7c6CCN5CC(F)F)c(F)c4)CC3)CC1)C2)C1CCC(=O)NC1=O. The number of amides is 3. The molecule has 5 heterocycles. The van der Waals surface area contributed by atoms with Crippen molar-refractivity contribution in [2.45, 2.75) is 101 Å². The maximum atomic E-state index is 16.2. The minimum absolute atomic E-state index is 0.00219. The number of aromatic nitrogens is 1. The van der Waals surface area contributed by atoms with Crippen molar-refractivity contribution >= 4 is 34.9 Å². The van der Waals surface area contributed by atoms with Crippen LogP contribution in [0.4, 0.5) is 17.6 Å². The van der Waals surface area contributed by atoms with E-state index in [1.54, 1.807) is 12.1 Å². The number of H-pyrrole nitrogens is 1. The number of aldehydes is 1. The number of imide groups is 1. The van der Waals surface area contributed by atoms with Gasteiger partial charge in [-0.1, -0.05) is 18.2 Å². The van der Waals surface area contributed by atoms with Crippen molar-refractivity contribution in [1.29, 1.82) is 0 Å². The van der Waals surface area contributed by atoms with Gasteiger partial charge in [0.25, 0.3) is 12.3 Å². The monoisotopic (exact) mass is 840 g/mol. The number of aromatic amines is 1. The van der Waals surface area contributed by atoms with Crippen LogP contribution in [0.15, 0.2) is 48.5 Å². The number of nitrogens with zero attached hydrogens (tertiary/aromatic N) is 4. The molecule has 10 nitrogen and oxygen atoms in total. The summed E-state index contributed by atoms with van der Waals surface area (Å²) in [6.07, 6.45) is 4.77. The highest BCUT2D eigenvalue weighted by Crippen LogP contribution is 2.42. The number of likely N-dealkylation sites (N-methyl/N-ethyl adjacent to an activating group) is 1. The zero-order valence-electron chi connectivity index (χ0n) is 34.4. The van der Waals surface area contributed by atoms with Crippen LogP contribution in [0, 0.1) is 17.6 Å². The highest BCUT2D eigenvalue weighted by atomic mass is 19.3. The second kappa shape index (κ2) is 17.1. The minimum atomic E-state index is -2.64. The van der Waals surface area contributed by atoms with Gasteiger partial charge in [-0.15, -0.1) is 0 Å². The van der Waals surface area contributed by atoms with Crippen LogP contribution in [0.5, 0.6) is 0 Å². The Morgan fingerprint density at radius 1 is 0.902 bits per heavy atom. The summed E-state index contributed by atoms with van der Waals surface area (Å²) in [5.74, 6) is -2.12. The number of benzene rings is 3. The first kappa shape index (κ1) is 41.4. The number of nitrogens with one attached hydrogen (secondary N) is 2. The normalized spacial score (nSPS) is 24.2. The topological polar surface area (TPSA) is 109 Å². The fraction of sp³-hybridized carbons (Fsp3) is 0.489. The number of carbonyl (C=O) groups is 4. The first-order chi connectivity index (χ1) is 29.4. The number of fused-ring (bicyclic) bond motifs is 4. The van der Waals surface area contributed by atoms with Crippen molar-refractivity contribution in [3.8, 4) is 0 Å². The van der Waals surface area contributed by atoms with E-state index >= 15 is 8.78 Å². The van der Waals surface area contributed by atoms with Gasteiger partial charge in [-0.2, -0.15) is 0 Å². The summed E-state index contributed by atoms with van der Waals surface area (Å²) in [5.41, 5.74) is 5.39. The molecule has 2 N–H and O–H groups in total. The summed E-state index contributed by atoms with van der Waals surface area (Å²) >= 11 is 0. The molecule has 61 heavy (non-hydrogen) atoms. The summed E-state index contributed by atoms with van der Waals surface area (Å²) in [7, 11) is 1.53. The van der Waals surface area contributed by atoms with Crippen LogP contribution in [-0.2, 0) is 29.1 Å². The quantitative estimate of drug-likeness (QED) is 0.0997. The average molecular weight is 841 g/mol. The van der Waals surface area contributed by atoms with Gasteiger partial charge in [0.05, 0.1) is 18.2 Å². The summed E-state index contributed by atoms with van der Waals surface area (Å²) in [6.45, 7) is 3.73. The van der Waals surface area contributed by atoms with E-state index < -0.39 is 48.5 Å². The molecule has 3 fully saturated rings. The Labute approximate surface area is 352 Å². The lowest BCUT2D eigenvalue weighted by Gasteiger charge is -2.39. The van der Waals surface area contributed by atoms with Crippen LogP contribution in [0.3, 0.4) is 0 Å². The van der Waals surface area contributed by atoms with Gasteiger partial charge in [-0.25, -0.2) is 17.6 Å². The van der Waals surface area contributed by atoms with Gasteiger partial charge in [0.1, 0.15) is 17.7 Å². The number of hydrogen-bond donors (Lipinski definition) is 2. The molecule has 0 spiro atoms. The van der Waals surface area contributed by atoms with Crippen molar-refractivity contribution < 1.29 is 36.7 Å². The molecule has 0 bridgehead atoms. The molecule has 4 aliphatic heterocycles. The van der Waals surface area contributed by atoms with Crippen LogP contribution in [0.2, 0.25) is 0 Å². The lowest BCUT2D eigenvalue weighted by Crippen LogP contribution is -2.53. The lowest BCUT2D eigenvalue weighted by molar-refractivity contribution is -0.136. The van der Waals surface area contributed by atoms with Gasteiger partial charge in [-0.3, -0.25) is 34.3 Å². The van der Waals surface area contributed by atoms with Crippen LogP contribution in [0.25, 0.3) is 10.9 Å². The molecule has 1 aromatic heterocycles. The Kier molecular flexibility index (Phi) is 11.6.